The second-order valence-corrected chi connectivity index (χ2v) is 5.87. The van der Waals surface area contributed by atoms with Crippen molar-refractivity contribution in [2.75, 3.05) is 32.0 Å². The van der Waals surface area contributed by atoms with Gasteiger partial charge in [0.15, 0.2) is 5.13 Å². The second-order valence-electron chi connectivity index (χ2n) is 4.72. The van der Waals surface area contributed by atoms with Crippen LogP contribution in [-0.2, 0) is 11.3 Å². The molecular formula is C12H23ClN4OS. The number of nitrogens with zero attached hydrogens (tertiary/aromatic N) is 2. The van der Waals surface area contributed by atoms with Crippen LogP contribution in [0, 0.1) is 0 Å². The van der Waals surface area contributed by atoms with Crippen LogP contribution < -0.4 is 11.1 Å². The van der Waals surface area contributed by atoms with Crippen LogP contribution >= 0.6 is 23.7 Å². The number of hydrogen-bond acceptors (Lipinski definition) is 6. The molecule has 1 aromatic rings. The van der Waals surface area contributed by atoms with Gasteiger partial charge in [0.05, 0.1) is 13.2 Å². The molecule has 2 atom stereocenters. The average molecular weight is 307 g/mol. The van der Waals surface area contributed by atoms with Gasteiger partial charge in [-0.05, 0) is 13.8 Å². The summed E-state index contributed by atoms with van der Waals surface area (Å²) in [4.78, 5) is 7.72. The molecular weight excluding hydrogens is 284 g/mol. The van der Waals surface area contributed by atoms with E-state index in [0.717, 1.165) is 32.8 Å². The lowest BCUT2D eigenvalue weighted by Crippen LogP contribution is -2.50. The van der Waals surface area contributed by atoms with Crippen LogP contribution in [0.5, 0.6) is 0 Å². The summed E-state index contributed by atoms with van der Waals surface area (Å²) in [6.45, 7) is 9.09. The third kappa shape index (κ3) is 4.89. The normalized spacial score (nSPS) is 19.7. The van der Waals surface area contributed by atoms with Gasteiger partial charge >= 0.3 is 0 Å². The van der Waals surface area contributed by atoms with Gasteiger partial charge in [-0.2, -0.15) is 0 Å². The summed E-state index contributed by atoms with van der Waals surface area (Å²) in [5, 5.41) is 4.18. The third-order valence-corrected chi connectivity index (χ3v) is 4.34. The number of anilines is 1. The molecule has 0 saturated carbocycles. The molecule has 1 fully saturated rings. The Balaban J connectivity index is 0.00000180. The van der Waals surface area contributed by atoms with E-state index in [9.17, 15) is 0 Å². The monoisotopic (exact) mass is 306 g/mol. The van der Waals surface area contributed by atoms with Gasteiger partial charge in [-0.25, -0.2) is 4.98 Å². The highest BCUT2D eigenvalue weighted by Crippen LogP contribution is 2.15. The van der Waals surface area contributed by atoms with Gasteiger partial charge in [-0.15, -0.1) is 23.7 Å². The minimum Gasteiger partial charge on any atom is -0.379 e. The summed E-state index contributed by atoms with van der Waals surface area (Å²) < 4.78 is 5.38. The van der Waals surface area contributed by atoms with Gasteiger partial charge in [-0.3, -0.25) is 4.90 Å². The Kier molecular flexibility index (Phi) is 7.02. The second kappa shape index (κ2) is 8.01. The molecule has 5 nitrogen and oxygen atoms in total. The summed E-state index contributed by atoms with van der Waals surface area (Å²) in [6, 6.07) is 0.950. The zero-order valence-corrected chi connectivity index (χ0v) is 13.1. The molecule has 1 aliphatic rings. The highest BCUT2D eigenvalue weighted by molar-refractivity contribution is 7.15. The minimum atomic E-state index is 0. The molecule has 2 rings (SSSR count). The van der Waals surface area contributed by atoms with Crippen molar-refractivity contribution in [1.82, 2.24) is 15.2 Å². The van der Waals surface area contributed by atoms with Crippen molar-refractivity contribution in [2.45, 2.75) is 32.5 Å². The van der Waals surface area contributed by atoms with Crippen LogP contribution in [0.3, 0.4) is 0 Å². The first-order valence-electron chi connectivity index (χ1n) is 6.42. The van der Waals surface area contributed by atoms with Crippen LogP contribution in [0.2, 0.25) is 0 Å². The van der Waals surface area contributed by atoms with E-state index < -0.39 is 0 Å². The molecule has 3 N–H and O–H groups in total. The van der Waals surface area contributed by atoms with Gasteiger partial charge in [0.2, 0.25) is 0 Å². The summed E-state index contributed by atoms with van der Waals surface area (Å²) >= 11 is 1.55. The molecule has 1 aromatic heterocycles. The minimum absolute atomic E-state index is 0. The molecule has 0 aromatic carbocycles. The number of aromatic nitrogens is 1. The highest BCUT2D eigenvalue weighted by Gasteiger charge is 2.21. The molecule has 19 heavy (non-hydrogen) atoms. The zero-order chi connectivity index (χ0) is 13.0. The maximum absolute atomic E-state index is 5.62. The van der Waals surface area contributed by atoms with E-state index in [2.05, 4.69) is 29.0 Å². The smallest absolute Gasteiger partial charge is 0.180 e. The Morgan fingerprint density at radius 1 is 1.47 bits per heavy atom. The molecule has 1 saturated heterocycles. The fourth-order valence-electron chi connectivity index (χ4n) is 2.14. The van der Waals surface area contributed by atoms with Crippen molar-refractivity contribution in [3.05, 3.63) is 11.1 Å². The lowest BCUT2D eigenvalue weighted by molar-refractivity contribution is 0.0135. The van der Waals surface area contributed by atoms with E-state index in [0.29, 0.717) is 17.2 Å². The number of nitrogens with one attached hydrogen (secondary N) is 1. The Morgan fingerprint density at radius 2 is 2.16 bits per heavy atom. The molecule has 1 aliphatic heterocycles. The third-order valence-electron chi connectivity index (χ3n) is 3.51. The molecule has 0 aliphatic carbocycles. The van der Waals surface area contributed by atoms with E-state index in [-0.39, 0.29) is 12.4 Å². The van der Waals surface area contributed by atoms with Crippen molar-refractivity contribution >= 4 is 28.9 Å². The zero-order valence-electron chi connectivity index (χ0n) is 11.5. The van der Waals surface area contributed by atoms with Gasteiger partial charge in [0.25, 0.3) is 0 Å². The molecule has 2 unspecified atom stereocenters. The highest BCUT2D eigenvalue weighted by atomic mass is 35.5. The number of morpholine rings is 1. The summed E-state index contributed by atoms with van der Waals surface area (Å²) in [5.41, 5.74) is 5.62. The summed E-state index contributed by atoms with van der Waals surface area (Å²) in [6.07, 6.45) is 1.85. The number of nitrogen functional groups attached to an aromatic ring is 1. The van der Waals surface area contributed by atoms with E-state index >= 15 is 0 Å². The van der Waals surface area contributed by atoms with Crippen molar-refractivity contribution in [1.29, 1.82) is 0 Å². The fourth-order valence-corrected chi connectivity index (χ4v) is 2.77. The van der Waals surface area contributed by atoms with Crippen LogP contribution in [0.4, 0.5) is 5.13 Å². The number of thiazole rings is 1. The number of rotatable bonds is 5. The van der Waals surface area contributed by atoms with Crippen LogP contribution in [0.15, 0.2) is 6.20 Å². The van der Waals surface area contributed by atoms with Crippen molar-refractivity contribution in [3.63, 3.8) is 0 Å². The molecule has 0 amide bonds. The van der Waals surface area contributed by atoms with E-state index in [1.165, 1.54) is 4.88 Å². The number of nitrogens with two attached hydrogens (primary N) is 1. The van der Waals surface area contributed by atoms with Gasteiger partial charge < -0.3 is 15.8 Å². The molecule has 2 heterocycles. The number of hydrogen-bond donors (Lipinski definition) is 2. The van der Waals surface area contributed by atoms with Gasteiger partial charge in [-0.1, -0.05) is 0 Å². The SMILES string of the molecule is CC(NCc1cnc(N)s1)C(C)N1CCOCC1.Cl. The topological polar surface area (TPSA) is 63.4 Å². The van der Waals surface area contributed by atoms with Crippen LogP contribution in [0.25, 0.3) is 0 Å². The Morgan fingerprint density at radius 3 is 2.74 bits per heavy atom. The van der Waals surface area contributed by atoms with Crippen molar-refractivity contribution < 1.29 is 4.74 Å². The Bertz CT molecular complexity index is 370. The van der Waals surface area contributed by atoms with Crippen molar-refractivity contribution in [2.24, 2.45) is 0 Å². The first kappa shape index (κ1) is 16.7. The largest absolute Gasteiger partial charge is 0.379 e. The van der Waals surface area contributed by atoms with E-state index in [1.54, 1.807) is 11.3 Å². The average Bonchev–Trinajstić information content (AvgIpc) is 2.82. The summed E-state index contributed by atoms with van der Waals surface area (Å²) in [5.74, 6) is 0. The van der Waals surface area contributed by atoms with E-state index in [1.807, 2.05) is 6.20 Å². The molecule has 0 spiro atoms. The first-order valence-corrected chi connectivity index (χ1v) is 7.24. The molecule has 7 heteroatoms. The van der Waals surface area contributed by atoms with Gasteiger partial charge in [0.1, 0.15) is 0 Å². The number of halogens is 1. The standard InChI is InChI=1S/C12H22N4OS.ClH/c1-9(10(2)16-3-5-17-6-4-16)14-7-11-8-15-12(13)18-11;/h8-10,14H,3-7H2,1-2H3,(H2,13,15);1H. The summed E-state index contributed by atoms with van der Waals surface area (Å²) in [7, 11) is 0. The molecule has 0 bridgehead atoms. The molecule has 110 valence electrons. The predicted octanol–water partition coefficient (Wildman–Crippen LogP) is 1.35. The van der Waals surface area contributed by atoms with Gasteiger partial charge in [0, 0.05) is 42.8 Å². The van der Waals surface area contributed by atoms with E-state index in [4.69, 9.17) is 10.5 Å². The maximum atomic E-state index is 5.62. The lowest BCUT2D eigenvalue weighted by atomic mass is 10.1. The predicted molar refractivity (Wildman–Crippen MR) is 81.9 cm³/mol. The number of ether oxygens (including phenoxy) is 1. The fraction of sp³-hybridized carbons (Fsp3) is 0.750. The van der Waals surface area contributed by atoms with Crippen LogP contribution in [-0.4, -0.2) is 48.3 Å². The first-order chi connectivity index (χ1) is 8.66. The Hall–Kier alpha value is -0.400. The molecule has 0 radical (unpaired) electrons. The maximum Gasteiger partial charge on any atom is 0.180 e. The quantitative estimate of drug-likeness (QED) is 0.860. The van der Waals surface area contributed by atoms with Crippen molar-refractivity contribution in [3.8, 4) is 0 Å². The Labute approximate surface area is 124 Å². The lowest BCUT2D eigenvalue weighted by Gasteiger charge is -2.35. The van der Waals surface area contributed by atoms with Crippen LogP contribution in [0.1, 0.15) is 18.7 Å².